The zero-order valence-corrected chi connectivity index (χ0v) is 11.8. The minimum Gasteiger partial charge on any atom is -0.303 e. The number of hydrogen-bond donors (Lipinski definition) is 0. The number of piperidine rings is 1. The van der Waals surface area contributed by atoms with Crippen molar-refractivity contribution < 1.29 is 0 Å². The van der Waals surface area contributed by atoms with Crippen molar-refractivity contribution in [3.63, 3.8) is 0 Å². The molecule has 1 aliphatic heterocycles. The van der Waals surface area contributed by atoms with Gasteiger partial charge in [-0.15, -0.1) is 0 Å². The predicted molar refractivity (Wildman–Crippen MR) is 74.9 cm³/mol. The maximum absolute atomic E-state index is 6.50. The van der Waals surface area contributed by atoms with Gasteiger partial charge in [0.15, 0.2) is 0 Å². The fraction of sp³-hybridized carbons (Fsp3) is 0.933. The van der Waals surface area contributed by atoms with Crippen LogP contribution in [0, 0.1) is 17.8 Å². The molecule has 2 heteroatoms. The smallest absolute Gasteiger partial charge is 0.0462 e. The Labute approximate surface area is 108 Å². The van der Waals surface area contributed by atoms with Gasteiger partial charge in [0.1, 0.15) is 0 Å². The lowest BCUT2D eigenvalue weighted by atomic mass is 9.93. The average Bonchev–Trinajstić information content (AvgIpc) is 2.40. The number of unbranched alkanes of at least 4 members (excludes halogenated alkanes) is 3. The standard InChI is InChI=1S/C14H29N.CHN/c1-3-5-7-11-15-12-8-10-14(13-15)9-6-4-2;1-2/h14H,3-13H2,1-2H3;1H. The van der Waals surface area contributed by atoms with E-state index in [0.29, 0.717) is 0 Å². The van der Waals surface area contributed by atoms with Gasteiger partial charge in [0, 0.05) is 13.1 Å². The molecule has 0 aromatic carbocycles. The SMILES string of the molecule is C#N.CCCCCN1CCCC(CCCC)C1. The van der Waals surface area contributed by atoms with Crippen molar-refractivity contribution in [1.29, 1.82) is 5.26 Å². The van der Waals surface area contributed by atoms with Gasteiger partial charge >= 0.3 is 0 Å². The molecule has 1 saturated heterocycles. The van der Waals surface area contributed by atoms with E-state index in [1.165, 1.54) is 71.0 Å². The van der Waals surface area contributed by atoms with Crippen LogP contribution in [0.3, 0.4) is 0 Å². The summed E-state index contributed by atoms with van der Waals surface area (Å²) in [5, 5.41) is 6.50. The van der Waals surface area contributed by atoms with Crippen molar-refractivity contribution >= 4 is 0 Å². The molecule has 1 fully saturated rings. The van der Waals surface area contributed by atoms with Crippen LogP contribution in [-0.4, -0.2) is 24.5 Å². The molecule has 1 aliphatic rings. The molecule has 0 amide bonds. The zero-order chi connectivity index (χ0) is 12.9. The number of nitrogens with zero attached hydrogens (tertiary/aromatic N) is 2. The Bertz CT molecular complexity index is 177. The van der Waals surface area contributed by atoms with E-state index in [-0.39, 0.29) is 0 Å². The molecule has 0 aliphatic carbocycles. The third-order valence-electron chi connectivity index (χ3n) is 3.65. The first-order valence-electron chi connectivity index (χ1n) is 7.35. The molecular weight excluding hydrogens is 208 g/mol. The van der Waals surface area contributed by atoms with Gasteiger partial charge < -0.3 is 4.90 Å². The predicted octanol–water partition coefficient (Wildman–Crippen LogP) is 4.22. The Balaban J connectivity index is 0.00000121. The van der Waals surface area contributed by atoms with Crippen LogP contribution < -0.4 is 0 Å². The van der Waals surface area contributed by atoms with Gasteiger partial charge in [-0.2, -0.15) is 0 Å². The molecule has 100 valence electrons. The maximum atomic E-state index is 6.50. The monoisotopic (exact) mass is 238 g/mol. The Morgan fingerprint density at radius 2 is 1.82 bits per heavy atom. The number of hydrogen-bond acceptors (Lipinski definition) is 2. The Morgan fingerprint density at radius 3 is 2.47 bits per heavy atom. The summed E-state index contributed by atoms with van der Waals surface area (Å²) in [6.45, 7) is 12.2. The highest BCUT2D eigenvalue weighted by atomic mass is 15.1. The molecule has 1 heterocycles. The molecule has 2 nitrogen and oxygen atoms in total. The van der Waals surface area contributed by atoms with Gasteiger partial charge in [0.2, 0.25) is 0 Å². The quantitative estimate of drug-likeness (QED) is 0.621. The van der Waals surface area contributed by atoms with Crippen molar-refractivity contribution in [3.8, 4) is 6.57 Å². The van der Waals surface area contributed by atoms with Gasteiger partial charge in [0.25, 0.3) is 0 Å². The summed E-state index contributed by atoms with van der Waals surface area (Å²) in [5.41, 5.74) is 0. The van der Waals surface area contributed by atoms with Crippen LogP contribution in [0.25, 0.3) is 0 Å². The van der Waals surface area contributed by atoms with Gasteiger partial charge in [0.05, 0.1) is 0 Å². The van der Waals surface area contributed by atoms with E-state index in [4.69, 9.17) is 5.26 Å². The molecule has 0 spiro atoms. The third-order valence-corrected chi connectivity index (χ3v) is 3.65. The van der Waals surface area contributed by atoms with Crippen LogP contribution in [-0.2, 0) is 0 Å². The normalized spacial score (nSPS) is 20.6. The summed E-state index contributed by atoms with van der Waals surface area (Å²) in [6, 6.07) is 0. The fourth-order valence-electron chi connectivity index (χ4n) is 2.67. The highest BCUT2D eigenvalue weighted by Gasteiger charge is 2.18. The van der Waals surface area contributed by atoms with Gasteiger partial charge in [-0.25, -0.2) is 5.26 Å². The average molecular weight is 238 g/mol. The first kappa shape index (κ1) is 16.4. The van der Waals surface area contributed by atoms with Crippen molar-refractivity contribution in [2.24, 2.45) is 5.92 Å². The van der Waals surface area contributed by atoms with Crippen molar-refractivity contribution in [3.05, 3.63) is 0 Å². The van der Waals surface area contributed by atoms with E-state index in [1.54, 1.807) is 0 Å². The fourth-order valence-corrected chi connectivity index (χ4v) is 2.67. The molecule has 1 rings (SSSR count). The second-order valence-electron chi connectivity index (χ2n) is 5.16. The molecule has 0 N–H and O–H groups in total. The molecule has 17 heavy (non-hydrogen) atoms. The summed E-state index contributed by atoms with van der Waals surface area (Å²) in [7, 11) is 0. The van der Waals surface area contributed by atoms with Gasteiger partial charge in [-0.05, 0) is 44.7 Å². The second-order valence-corrected chi connectivity index (χ2v) is 5.16. The summed E-state index contributed by atoms with van der Waals surface area (Å²) < 4.78 is 0. The van der Waals surface area contributed by atoms with E-state index < -0.39 is 0 Å². The lowest BCUT2D eigenvalue weighted by molar-refractivity contribution is 0.164. The number of nitriles is 1. The summed E-state index contributed by atoms with van der Waals surface area (Å²) >= 11 is 0. The van der Waals surface area contributed by atoms with Crippen LogP contribution in [0.5, 0.6) is 0 Å². The highest BCUT2D eigenvalue weighted by molar-refractivity contribution is 4.72. The Hall–Kier alpha value is -0.550. The van der Waals surface area contributed by atoms with Crippen LogP contribution in [0.1, 0.15) is 65.2 Å². The largest absolute Gasteiger partial charge is 0.303 e. The molecule has 1 atom stereocenters. The van der Waals surface area contributed by atoms with E-state index in [1.807, 2.05) is 0 Å². The minimum atomic E-state index is 1.01. The highest BCUT2D eigenvalue weighted by Crippen LogP contribution is 2.21. The van der Waals surface area contributed by atoms with E-state index in [2.05, 4.69) is 25.3 Å². The minimum absolute atomic E-state index is 1.01. The van der Waals surface area contributed by atoms with E-state index in [9.17, 15) is 0 Å². The number of rotatable bonds is 7. The Morgan fingerprint density at radius 1 is 1.12 bits per heavy atom. The van der Waals surface area contributed by atoms with Gasteiger partial charge in [-0.3, -0.25) is 0 Å². The molecular formula is C15H30N2. The summed E-state index contributed by atoms with van der Waals surface area (Å²) in [4.78, 5) is 2.71. The maximum Gasteiger partial charge on any atom is 0.0462 e. The lowest BCUT2D eigenvalue weighted by Gasteiger charge is -2.32. The first-order valence-corrected chi connectivity index (χ1v) is 7.35. The molecule has 0 aromatic rings. The van der Waals surface area contributed by atoms with E-state index in [0.717, 1.165) is 5.92 Å². The molecule has 0 aromatic heterocycles. The number of likely N-dealkylation sites (tertiary alicyclic amines) is 1. The van der Waals surface area contributed by atoms with Crippen LogP contribution in [0.4, 0.5) is 0 Å². The molecule has 0 bridgehead atoms. The van der Waals surface area contributed by atoms with Gasteiger partial charge in [-0.1, -0.05) is 39.5 Å². The summed E-state index contributed by atoms with van der Waals surface area (Å²) in [6.07, 6.45) is 11.4. The third kappa shape index (κ3) is 8.21. The topological polar surface area (TPSA) is 27.0 Å². The molecule has 0 radical (unpaired) electrons. The van der Waals surface area contributed by atoms with Crippen molar-refractivity contribution in [2.45, 2.75) is 65.2 Å². The molecule has 1 unspecified atom stereocenters. The Kier molecular flexibility index (Phi) is 11.5. The van der Waals surface area contributed by atoms with E-state index >= 15 is 0 Å². The van der Waals surface area contributed by atoms with Crippen molar-refractivity contribution in [1.82, 2.24) is 4.90 Å². The first-order chi connectivity index (χ1) is 8.36. The van der Waals surface area contributed by atoms with Crippen LogP contribution in [0.2, 0.25) is 0 Å². The van der Waals surface area contributed by atoms with Crippen molar-refractivity contribution in [2.75, 3.05) is 19.6 Å². The lowest BCUT2D eigenvalue weighted by Crippen LogP contribution is -2.36. The molecule has 0 saturated carbocycles. The van der Waals surface area contributed by atoms with Crippen LogP contribution in [0.15, 0.2) is 0 Å². The van der Waals surface area contributed by atoms with Crippen LogP contribution >= 0.6 is 0 Å². The zero-order valence-electron chi connectivity index (χ0n) is 11.8. The summed E-state index contributed by atoms with van der Waals surface area (Å²) in [5.74, 6) is 1.01. The second kappa shape index (κ2) is 11.9.